The molecule has 2 N–H and O–H groups in total. The number of aliphatic hydroxyl groups excluding tert-OH is 2. The number of nitrogens with zero attached hydrogens (tertiary/aromatic N) is 1. The number of rotatable bonds is 3. The van der Waals surface area contributed by atoms with E-state index in [1.54, 1.807) is 12.1 Å². The molecule has 0 bridgehead atoms. The van der Waals surface area contributed by atoms with E-state index in [0.29, 0.717) is 18.0 Å². The molecule has 138 valence electrons. The average molecular weight is 374 g/mol. The third kappa shape index (κ3) is 3.60. The lowest BCUT2D eigenvalue weighted by atomic mass is 9.81. The molecule has 2 aliphatic rings. The van der Waals surface area contributed by atoms with E-state index in [1.165, 1.54) is 0 Å². The minimum absolute atomic E-state index is 0.296. The van der Waals surface area contributed by atoms with Crippen LogP contribution in [-0.4, -0.2) is 40.3 Å². The number of hydrogen-bond donors (Lipinski definition) is 2. The van der Waals surface area contributed by atoms with E-state index in [4.69, 9.17) is 16.3 Å². The van der Waals surface area contributed by atoms with Crippen LogP contribution in [0.15, 0.2) is 48.5 Å². The van der Waals surface area contributed by atoms with Crippen molar-refractivity contribution >= 4 is 11.6 Å². The van der Waals surface area contributed by atoms with Gasteiger partial charge in [0.1, 0.15) is 11.4 Å². The number of ether oxygens (including phenoxy) is 1. The van der Waals surface area contributed by atoms with Crippen LogP contribution in [0.4, 0.5) is 0 Å². The van der Waals surface area contributed by atoms with Gasteiger partial charge in [-0.05, 0) is 36.6 Å². The van der Waals surface area contributed by atoms with Crippen molar-refractivity contribution in [1.82, 2.24) is 4.90 Å². The molecule has 5 heteroatoms. The molecule has 2 aromatic carbocycles. The van der Waals surface area contributed by atoms with Crippen molar-refractivity contribution in [1.29, 1.82) is 0 Å². The van der Waals surface area contributed by atoms with Crippen LogP contribution in [0.1, 0.15) is 42.6 Å². The van der Waals surface area contributed by atoms with Crippen molar-refractivity contribution in [3.05, 3.63) is 64.7 Å². The predicted octanol–water partition coefficient (Wildman–Crippen LogP) is 3.72. The monoisotopic (exact) mass is 373 g/mol. The fourth-order valence-corrected chi connectivity index (χ4v) is 4.20. The lowest BCUT2D eigenvalue weighted by Crippen LogP contribution is -2.51. The zero-order valence-corrected chi connectivity index (χ0v) is 15.4. The Bertz CT molecular complexity index is 756. The molecule has 0 unspecified atom stereocenters. The number of β-amino-alcohol motifs (C(OH)–C–C–N with tert-alkyl or cyclic N) is 1. The summed E-state index contributed by atoms with van der Waals surface area (Å²) in [6, 6.07) is 15.1. The summed E-state index contributed by atoms with van der Waals surface area (Å²) in [5.74, 6) is 0.806. The maximum atomic E-state index is 10.5. The zero-order valence-electron chi connectivity index (χ0n) is 14.6. The molecule has 0 amide bonds. The number of halogens is 1. The fourth-order valence-electron chi connectivity index (χ4n) is 4.07. The summed E-state index contributed by atoms with van der Waals surface area (Å²) in [5, 5.41) is 21.7. The second kappa shape index (κ2) is 7.20. The molecule has 0 saturated carbocycles. The van der Waals surface area contributed by atoms with E-state index in [0.717, 1.165) is 42.8 Å². The molecule has 2 aliphatic heterocycles. The molecule has 2 heterocycles. The van der Waals surface area contributed by atoms with E-state index >= 15 is 0 Å². The molecule has 4 nitrogen and oxygen atoms in total. The van der Waals surface area contributed by atoms with Crippen LogP contribution in [0.2, 0.25) is 5.02 Å². The van der Waals surface area contributed by atoms with Crippen molar-refractivity contribution in [2.45, 2.75) is 37.1 Å². The summed E-state index contributed by atoms with van der Waals surface area (Å²) < 4.78 is 6.32. The Labute approximate surface area is 159 Å². The summed E-state index contributed by atoms with van der Waals surface area (Å²) in [5.41, 5.74) is 1.47. The Balaban J connectivity index is 1.38. The summed E-state index contributed by atoms with van der Waals surface area (Å²) in [7, 11) is 0. The van der Waals surface area contributed by atoms with Crippen LogP contribution in [0.3, 0.4) is 0 Å². The van der Waals surface area contributed by atoms with Gasteiger partial charge < -0.3 is 19.8 Å². The summed E-state index contributed by atoms with van der Waals surface area (Å²) >= 11 is 5.91. The molecule has 0 aromatic heterocycles. The van der Waals surface area contributed by atoms with Crippen LogP contribution in [-0.2, 0) is 0 Å². The Hall–Kier alpha value is -1.59. The largest absolute Gasteiger partial charge is 0.487 e. The van der Waals surface area contributed by atoms with Crippen LogP contribution in [0.25, 0.3) is 0 Å². The van der Waals surface area contributed by atoms with E-state index in [2.05, 4.69) is 4.90 Å². The highest BCUT2D eigenvalue weighted by atomic mass is 35.5. The minimum Gasteiger partial charge on any atom is -0.487 e. The highest BCUT2D eigenvalue weighted by Gasteiger charge is 2.42. The molecule has 2 aromatic rings. The van der Waals surface area contributed by atoms with Gasteiger partial charge in [0.05, 0.1) is 12.2 Å². The van der Waals surface area contributed by atoms with Crippen molar-refractivity contribution in [3.63, 3.8) is 0 Å². The maximum absolute atomic E-state index is 10.5. The normalized spacial score (nSPS) is 23.3. The number of likely N-dealkylation sites (tertiary alicyclic amines) is 1. The smallest absolute Gasteiger partial charge is 0.125 e. The first-order chi connectivity index (χ1) is 12.5. The predicted molar refractivity (Wildman–Crippen MR) is 101 cm³/mol. The van der Waals surface area contributed by atoms with Crippen LogP contribution in [0.5, 0.6) is 5.75 Å². The Morgan fingerprint density at radius 1 is 1.12 bits per heavy atom. The van der Waals surface area contributed by atoms with E-state index in [1.807, 2.05) is 36.4 Å². The van der Waals surface area contributed by atoms with E-state index in [9.17, 15) is 10.2 Å². The topological polar surface area (TPSA) is 52.9 Å². The van der Waals surface area contributed by atoms with Gasteiger partial charge in [0.25, 0.3) is 0 Å². The van der Waals surface area contributed by atoms with Gasteiger partial charge in [0.2, 0.25) is 0 Å². The van der Waals surface area contributed by atoms with Crippen molar-refractivity contribution in [2.24, 2.45) is 0 Å². The molecule has 0 aliphatic carbocycles. The standard InChI is InChI=1S/C21H24ClNO3/c22-16-7-5-15(6-8-16)19(25)14-23-11-9-21(10-12-23)13-18(24)17-3-1-2-4-20(17)26-21/h1-8,18-19,24-25H,9-14H2/t18-,19-/m1/s1. The Morgan fingerprint density at radius 3 is 2.54 bits per heavy atom. The second-order valence-corrected chi connectivity index (χ2v) is 7.85. The number of hydrogen-bond acceptors (Lipinski definition) is 4. The van der Waals surface area contributed by atoms with Crippen molar-refractivity contribution in [2.75, 3.05) is 19.6 Å². The number of aliphatic hydroxyl groups is 2. The van der Waals surface area contributed by atoms with Crippen LogP contribution < -0.4 is 4.74 Å². The van der Waals surface area contributed by atoms with Gasteiger partial charge in [-0.3, -0.25) is 0 Å². The molecule has 1 saturated heterocycles. The van der Waals surface area contributed by atoms with Gasteiger partial charge in [0.15, 0.2) is 0 Å². The second-order valence-electron chi connectivity index (χ2n) is 7.41. The van der Waals surface area contributed by atoms with Crippen molar-refractivity contribution in [3.8, 4) is 5.75 Å². The Morgan fingerprint density at radius 2 is 1.81 bits per heavy atom. The lowest BCUT2D eigenvalue weighted by Gasteiger charge is -2.46. The molecule has 1 spiro atoms. The third-order valence-electron chi connectivity index (χ3n) is 5.62. The first kappa shape index (κ1) is 17.8. The van der Waals surface area contributed by atoms with Crippen LogP contribution >= 0.6 is 11.6 Å². The highest BCUT2D eigenvalue weighted by molar-refractivity contribution is 6.30. The average Bonchev–Trinajstić information content (AvgIpc) is 2.64. The summed E-state index contributed by atoms with van der Waals surface area (Å²) in [6.45, 7) is 2.29. The van der Waals surface area contributed by atoms with Gasteiger partial charge in [0, 0.05) is 36.6 Å². The Kier molecular flexibility index (Phi) is 4.93. The highest BCUT2D eigenvalue weighted by Crippen LogP contribution is 2.44. The van der Waals surface area contributed by atoms with Crippen molar-refractivity contribution < 1.29 is 14.9 Å². The third-order valence-corrected chi connectivity index (χ3v) is 5.88. The first-order valence-corrected chi connectivity index (χ1v) is 9.54. The van der Waals surface area contributed by atoms with Gasteiger partial charge in [-0.15, -0.1) is 0 Å². The molecule has 2 atom stereocenters. The summed E-state index contributed by atoms with van der Waals surface area (Å²) in [4.78, 5) is 2.26. The van der Waals surface area contributed by atoms with Gasteiger partial charge >= 0.3 is 0 Å². The molecule has 4 rings (SSSR count). The quantitative estimate of drug-likeness (QED) is 0.860. The SMILES string of the molecule is O[C@H](CN1CCC2(CC1)C[C@@H](O)c1ccccc1O2)c1ccc(Cl)cc1. The maximum Gasteiger partial charge on any atom is 0.125 e. The number of piperidine rings is 1. The number of fused-ring (bicyclic) bond motifs is 1. The lowest BCUT2D eigenvalue weighted by molar-refractivity contribution is -0.0587. The molecule has 0 radical (unpaired) electrons. The number of benzene rings is 2. The van der Waals surface area contributed by atoms with Gasteiger partial charge in [-0.1, -0.05) is 41.9 Å². The fraction of sp³-hybridized carbons (Fsp3) is 0.429. The molecule has 26 heavy (non-hydrogen) atoms. The minimum atomic E-state index is -0.528. The molecule has 1 fully saturated rings. The zero-order chi connectivity index (χ0) is 18.1. The molecular weight excluding hydrogens is 350 g/mol. The van der Waals surface area contributed by atoms with Gasteiger partial charge in [-0.2, -0.15) is 0 Å². The van der Waals surface area contributed by atoms with E-state index in [-0.39, 0.29) is 5.60 Å². The van der Waals surface area contributed by atoms with E-state index < -0.39 is 12.2 Å². The van der Waals surface area contributed by atoms with Crippen LogP contribution in [0, 0.1) is 0 Å². The number of para-hydroxylation sites is 1. The summed E-state index contributed by atoms with van der Waals surface area (Å²) in [6.07, 6.45) is 1.35. The van der Waals surface area contributed by atoms with Gasteiger partial charge in [-0.25, -0.2) is 0 Å². The molecular formula is C21H24ClNO3. The first-order valence-electron chi connectivity index (χ1n) is 9.17.